The predicted octanol–water partition coefficient (Wildman–Crippen LogP) is 1.60. The molecule has 0 aliphatic heterocycles. The molecule has 0 unspecified atom stereocenters. The van der Waals surface area contributed by atoms with Gasteiger partial charge in [0.25, 0.3) is 5.78 Å². The van der Waals surface area contributed by atoms with Crippen LogP contribution in [0.2, 0.25) is 0 Å². The van der Waals surface area contributed by atoms with Gasteiger partial charge >= 0.3 is 5.97 Å². The van der Waals surface area contributed by atoms with Crippen molar-refractivity contribution < 1.29 is 14.7 Å². The minimum Gasteiger partial charge on any atom is -0.475 e. The van der Waals surface area contributed by atoms with Crippen molar-refractivity contribution in [2.75, 3.05) is 0 Å². The van der Waals surface area contributed by atoms with Crippen molar-refractivity contribution in [2.24, 2.45) is 0 Å². The summed E-state index contributed by atoms with van der Waals surface area (Å²) >= 11 is 0. The Kier molecular flexibility index (Phi) is 2.59. The summed E-state index contributed by atoms with van der Waals surface area (Å²) in [7, 11) is 0. The Balaban J connectivity index is 2.98. The molecule has 1 aromatic rings. The van der Waals surface area contributed by atoms with Crippen molar-refractivity contribution in [3.63, 3.8) is 0 Å². The summed E-state index contributed by atoms with van der Waals surface area (Å²) in [4.78, 5) is 21.2. The summed E-state index contributed by atoms with van der Waals surface area (Å²) in [6.45, 7) is 3.54. The first-order valence-electron chi connectivity index (χ1n) is 3.65. The standard InChI is InChI=1S/C10H8O3/c1-2-7-3-5-8(6-4-7)9(11)10(12)13/h2-6H,1H2,(H,12,13). The van der Waals surface area contributed by atoms with Gasteiger partial charge in [-0.1, -0.05) is 36.9 Å². The van der Waals surface area contributed by atoms with Crippen LogP contribution in [-0.2, 0) is 4.79 Å². The molecule has 1 rings (SSSR count). The number of ketones is 1. The van der Waals surface area contributed by atoms with Gasteiger partial charge in [0.1, 0.15) is 0 Å². The van der Waals surface area contributed by atoms with Crippen LogP contribution in [-0.4, -0.2) is 16.9 Å². The quantitative estimate of drug-likeness (QED) is 0.562. The van der Waals surface area contributed by atoms with Gasteiger partial charge in [0, 0.05) is 5.56 Å². The van der Waals surface area contributed by atoms with E-state index in [2.05, 4.69) is 6.58 Å². The molecule has 1 N–H and O–H groups in total. The molecule has 0 aliphatic carbocycles. The highest BCUT2D eigenvalue weighted by molar-refractivity contribution is 6.39. The van der Waals surface area contributed by atoms with Gasteiger partial charge in [-0.3, -0.25) is 4.79 Å². The number of carbonyl (C=O) groups is 2. The first kappa shape index (κ1) is 9.19. The van der Waals surface area contributed by atoms with Crippen molar-refractivity contribution in [3.8, 4) is 0 Å². The lowest BCUT2D eigenvalue weighted by molar-refractivity contribution is -0.131. The maximum atomic E-state index is 10.9. The Morgan fingerprint density at radius 2 is 1.77 bits per heavy atom. The number of carboxylic acid groups (broad SMARTS) is 1. The second kappa shape index (κ2) is 3.67. The Bertz CT molecular complexity index is 349. The van der Waals surface area contributed by atoms with E-state index in [1.54, 1.807) is 18.2 Å². The second-order valence-corrected chi connectivity index (χ2v) is 2.46. The Morgan fingerprint density at radius 3 is 2.15 bits per heavy atom. The van der Waals surface area contributed by atoms with Gasteiger partial charge in [-0.2, -0.15) is 0 Å². The molecular weight excluding hydrogens is 168 g/mol. The monoisotopic (exact) mass is 176 g/mol. The number of hydrogen-bond acceptors (Lipinski definition) is 2. The van der Waals surface area contributed by atoms with E-state index in [1.807, 2.05) is 0 Å². The molecule has 13 heavy (non-hydrogen) atoms. The van der Waals surface area contributed by atoms with Crippen LogP contribution in [0.1, 0.15) is 15.9 Å². The highest BCUT2D eigenvalue weighted by Gasteiger charge is 2.13. The van der Waals surface area contributed by atoms with E-state index in [0.717, 1.165) is 5.56 Å². The van der Waals surface area contributed by atoms with Gasteiger partial charge in [0.15, 0.2) is 0 Å². The Hall–Kier alpha value is -1.90. The average molecular weight is 176 g/mol. The second-order valence-electron chi connectivity index (χ2n) is 2.46. The summed E-state index contributed by atoms with van der Waals surface area (Å²) < 4.78 is 0. The number of benzene rings is 1. The molecule has 3 nitrogen and oxygen atoms in total. The smallest absolute Gasteiger partial charge is 0.377 e. The van der Waals surface area contributed by atoms with E-state index in [1.165, 1.54) is 12.1 Å². The number of hydrogen-bond donors (Lipinski definition) is 1. The van der Waals surface area contributed by atoms with E-state index in [9.17, 15) is 9.59 Å². The normalized spacial score (nSPS) is 9.23. The van der Waals surface area contributed by atoms with E-state index in [4.69, 9.17) is 5.11 Å². The summed E-state index contributed by atoms with van der Waals surface area (Å²) in [6, 6.07) is 6.22. The number of aliphatic carboxylic acids is 1. The van der Waals surface area contributed by atoms with Crippen LogP contribution < -0.4 is 0 Å². The van der Waals surface area contributed by atoms with Crippen molar-refractivity contribution in [1.82, 2.24) is 0 Å². The molecule has 0 radical (unpaired) electrons. The Labute approximate surface area is 75.3 Å². The molecule has 0 aliphatic rings. The predicted molar refractivity (Wildman–Crippen MR) is 48.5 cm³/mol. The third-order valence-corrected chi connectivity index (χ3v) is 1.60. The lowest BCUT2D eigenvalue weighted by Gasteiger charge is -1.96. The molecule has 0 saturated heterocycles. The van der Waals surface area contributed by atoms with E-state index >= 15 is 0 Å². The summed E-state index contributed by atoms with van der Waals surface area (Å²) in [5.74, 6) is -2.33. The van der Waals surface area contributed by atoms with Crippen LogP contribution >= 0.6 is 0 Å². The molecule has 1 aromatic carbocycles. The number of carbonyl (C=O) groups excluding carboxylic acids is 1. The molecule has 0 amide bonds. The third kappa shape index (κ3) is 2.02. The molecule has 0 heterocycles. The molecule has 3 heteroatoms. The van der Waals surface area contributed by atoms with Crippen LogP contribution in [0.15, 0.2) is 30.8 Å². The van der Waals surface area contributed by atoms with Crippen molar-refractivity contribution >= 4 is 17.8 Å². The van der Waals surface area contributed by atoms with Gasteiger partial charge in [-0.15, -0.1) is 0 Å². The molecule has 0 atom stereocenters. The maximum Gasteiger partial charge on any atom is 0.377 e. The lowest BCUT2D eigenvalue weighted by Crippen LogP contribution is -2.12. The van der Waals surface area contributed by atoms with Crippen LogP contribution in [0, 0.1) is 0 Å². The van der Waals surface area contributed by atoms with Crippen molar-refractivity contribution in [1.29, 1.82) is 0 Å². The highest BCUT2D eigenvalue weighted by atomic mass is 16.4. The molecule has 0 saturated carbocycles. The minimum absolute atomic E-state index is 0.179. The summed E-state index contributed by atoms with van der Waals surface area (Å²) in [6.07, 6.45) is 1.62. The molecule has 0 bridgehead atoms. The fourth-order valence-corrected chi connectivity index (χ4v) is 0.894. The number of carboxylic acids is 1. The highest BCUT2D eigenvalue weighted by Crippen LogP contribution is 2.05. The Morgan fingerprint density at radius 1 is 1.23 bits per heavy atom. The summed E-state index contributed by atoms with van der Waals surface area (Å²) in [5, 5.41) is 8.39. The van der Waals surface area contributed by atoms with Crippen molar-refractivity contribution in [3.05, 3.63) is 42.0 Å². The molecule has 0 fully saturated rings. The SMILES string of the molecule is C=Cc1ccc(C(=O)C(=O)O)cc1. The van der Waals surface area contributed by atoms with Gasteiger partial charge < -0.3 is 5.11 Å². The number of Topliss-reactive ketones (excluding diaryl/α,β-unsaturated/α-hetero) is 1. The van der Waals surface area contributed by atoms with Gasteiger partial charge in [0.05, 0.1) is 0 Å². The van der Waals surface area contributed by atoms with Crippen molar-refractivity contribution in [2.45, 2.75) is 0 Å². The molecule has 0 spiro atoms. The lowest BCUT2D eigenvalue weighted by atomic mass is 10.1. The fourth-order valence-electron chi connectivity index (χ4n) is 0.894. The molecule has 66 valence electrons. The van der Waals surface area contributed by atoms with Gasteiger partial charge in [-0.25, -0.2) is 4.79 Å². The fraction of sp³-hybridized carbons (Fsp3) is 0. The summed E-state index contributed by atoms with van der Waals surface area (Å²) in [5.41, 5.74) is 1.03. The van der Waals surface area contributed by atoms with Crippen LogP contribution in [0.25, 0.3) is 6.08 Å². The van der Waals surface area contributed by atoms with Crippen LogP contribution in [0.4, 0.5) is 0 Å². The van der Waals surface area contributed by atoms with Crippen LogP contribution in [0.5, 0.6) is 0 Å². The molecule has 0 aromatic heterocycles. The van der Waals surface area contributed by atoms with E-state index in [-0.39, 0.29) is 5.56 Å². The largest absolute Gasteiger partial charge is 0.475 e. The number of rotatable bonds is 3. The average Bonchev–Trinajstić information content (AvgIpc) is 2.17. The van der Waals surface area contributed by atoms with Gasteiger partial charge in [0.2, 0.25) is 0 Å². The third-order valence-electron chi connectivity index (χ3n) is 1.60. The van der Waals surface area contributed by atoms with E-state index < -0.39 is 11.8 Å². The minimum atomic E-state index is -1.44. The zero-order valence-corrected chi connectivity index (χ0v) is 6.86. The topological polar surface area (TPSA) is 54.4 Å². The van der Waals surface area contributed by atoms with E-state index in [0.29, 0.717) is 0 Å². The zero-order valence-electron chi connectivity index (χ0n) is 6.86. The van der Waals surface area contributed by atoms with Gasteiger partial charge in [-0.05, 0) is 5.56 Å². The zero-order chi connectivity index (χ0) is 9.84. The van der Waals surface area contributed by atoms with Crippen LogP contribution in [0.3, 0.4) is 0 Å². The first-order chi connectivity index (χ1) is 6.15. The molecular formula is C10H8O3. The maximum absolute atomic E-state index is 10.9. The first-order valence-corrected chi connectivity index (χ1v) is 3.65.